The van der Waals surface area contributed by atoms with E-state index in [0.717, 1.165) is 0 Å². The Morgan fingerprint density at radius 3 is 2.14 bits per heavy atom. The summed E-state index contributed by atoms with van der Waals surface area (Å²) in [5, 5.41) is 10.4. The maximum Gasteiger partial charge on any atom is 0.361 e. The molecule has 2 heterocycles. The molecule has 0 saturated carbocycles. The van der Waals surface area contributed by atoms with E-state index in [9.17, 15) is 9.67 Å². The van der Waals surface area contributed by atoms with Gasteiger partial charge in [-0.15, -0.1) is 0 Å². The van der Waals surface area contributed by atoms with Crippen LogP contribution in [0.25, 0.3) is 0 Å². The van der Waals surface area contributed by atoms with Crippen LogP contribution in [0.15, 0.2) is 0 Å². The first-order chi connectivity index (χ1) is 10.0. The Balaban J connectivity index is 2.22. The van der Waals surface area contributed by atoms with Gasteiger partial charge in [-0.25, -0.2) is 0 Å². The Kier molecular flexibility index (Phi) is 5.08. The van der Waals surface area contributed by atoms with Gasteiger partial charge < -0.3 is 33.1 Å². The van der Waals surface area contributed by atoms with Crippen LogP contribution in [-0.4, -0.2) is 61.7 Å². The third-order valence-corrected chi connectivity index (χ3v) is 5.65. The fourth-order valence-corrected chi connectivity index (χ4v) is 3.85. The van der Waals surface area contributed by atoms with E-state index in [2.05, 4.69) is 0 Å². The number of hydrogen-bond donors (Lipinski definition) is 1. The number of hydrogen-bond acceptors (Lipinski definition) is 8. The molecular formula is C13H25O8P. The number of aliphatic hydroxyl groups is 1. The van der Waals surface area contributed by atoms with Gasteiger partial charge in [-0.3, -0.25) is 4.57 Å². The summed E-state index contributed by atoms with van der Waals surface area (Å²) in [5.41, 5.74) is 0. The molecular weight excluding hydrogens is 315 g/mol. The second-order valence-electron chi connectivity index (χ2n) is 6.25. The van der Waals surface area contributed by atoms with E-state index in [1.54, 1.807) is 27.7 Å². The van der Waals surface area contributed by atoms with Crippen LogP contribution in [0, 0.1) is 0 Å². The van der Waals surface area contributed by atoms with E-state index in [1.165, 1.54) is 14.2 Å². The molecule has 0 aliphatic carbocycles. The van der Waals surface area contributed by atoms with Crippen molar-refractivity contribution in [3.05, 3.63) is 0 Å². The number of rotatable bonds is 5. The molecule has 130 valence electrons. The van der Waals surface area contributed by atoms with Crippen molar-refractivity contribution >= 4 is 7.60 Å². The molecule has 2 aliphatic heterocycles. The minimum absolute atomic E-state index is 0.282. The van der Waals surface area contributed by atoms with Gasteiger partial charge in [0, 0.05) is 14.2 Å². The van der Waals surface area contributed by atoms with Gasteiger partial charge in [0.25, 0.3) is 0 Å². The summed E-state index contributed by atoms with van der Waals surface area (Å²) in [6.07, 6.45) is -2.05. The lowest BCUT2D eigenvalue weighted by atomic mass is 10.1. The molecule has 8 nitrogen and oxygen atoms in total. The molecule has 9 heteroatoms. The number of aliphatic hydroxyl groups excluding tert-OH is 1. The zero-order valence-electron chi connectivity index (χ0n) is 13.8. The molecule has 0 unspecified atom stereocenters. The molecule has 2 saturated heterocycles. The van der Waals surface area contributed by atoms with Crippen molar-refractivity contribution in [3.63, 3.8) is 0 Å². The van der Waals surface area contributed by atoms with E-state index in [-0.39, 0.29) is 6.61 Å². The third kappa shape index (κ3) is 3.55. The van der Waals surface area contributed by atoms with E-state index in [4.69, 9.17) is 28.0 Å². The number of ether oxygens (including phenoxy) is 4. The Labute approximate surface area is 130 Å². The summed E-state index contributed by atoms with van der Waals surface area (Å²) in [6, 6.07) is 0. The van der Waals surface area contributed by atoms with Crippen LogP contribution < -0.4 is 0 Å². The van der Waals surface area contributed by atoms with Crippen LogP contribution in [0.5, 0.6) is 0 Å². The summed E-state index contributed by atoms with van der Waals surface area (Å²) in [7, 11) is -1.31. The van der Waals surface area contributed by atoms with Crippen LogP contribution in [0.3, 0.4) is 0 Å². The van der Waals surface area contributed by atoms with Crippen molar-refractivity contribution in [2.75, 3.05) is 20.8 Å². The van der Waals surface area contributed by atoms with Crippen molar-refractivity contribution in [2.24, 2.45) is 0 Å². The van der Waals surface area contributed by atoms with Crippen molar-refractivity contribution in [1.82, 2.24) is 0 Å². The van der Waals surface area contributed by atoms with Gasteiger partial charge in [-0.1, -0.05) is 0 Å². The van der Waals surface area contributed by atoms with Gasteiger partial charge in [-0.05, 0) is 27.7 Å². The van der Waals surface area contributed by atoms with E-state index >= 15 is 0 Å². The summed E-state index contributed by atoms with van der Waals surface area (Å²) >= 11 is 0. The summed E-state index contributed by atoms with van der Waals surface area (Å²) in [4.78, 5) is 0. The first kappa shape index (κ1) is 18.3. The zero-order valence-corrected chi connectivity index (χ0v) is 14.7. The molecule has 4 atom stereocenters. The molecule has 1 N–H and O–H groups in total. The highest BCUT2D eigenvalue weighted by atomic mass is 31.2. The Hall–Kier alpha value is -0.0500. The lowest BCUT2D eigenvalue weighted by Gasteiger charge is -2.29. The summed E-state index contributed by atoms with van der Waals surface area (Å²) in [5.74, 6) is -3.21. The van der Waals surface area contributed by atoms with E-state index in [0.29, 0.717) is 0 Å². The fraction of sp³-hybridized carbons (Fsp3) is 1.00. The Morgan fingerprint density at radius 1 is 1.09 bits per heavy atom. The van der Waals surface area contributed by atoms with Gasteiger partial charge in [0.1, 0.15) is 18.3 Å². The van der Waals surface area contributed by atoms with Gasteiger partial charge in [0.05, 0.1) is 6.61 Å². The Bertz CT molecular complexity index is 443. The molecule has 2 aliphatic rings. The molecule has 2 fully saturated rings. The second kappa shape index (κ2) is 6.11. The average Bonchev–Trinajstić information content (AvgIpc) is 2.96. The SMILES string of the molecule is COP(=O)(OC)[C@@H](O)[C@H]1OC(C)(C)O[C@@H]1[C@H]1COC(C)(C)O1. The van der Waals surface area contributed by atoms with Crippen LogP contribution in [0.1, 0.15) is 27.7 Å². The fourth-order valence-electron chi connectivity index (χ4n) is 2.68. The third-order valence-electron chi connectivity index (χ3n) is 3.69. The smallest absolute Gasteiger partial charge is 0.361 e. The van der Waals surface area contributed by atoms with Crippen molar-refractivity contribution in [1.29, 1.82) is 0 Å². The normalized spacial score (nSPS) is 35.7. The van der Waals surface area contributed by atoms with Gasteiger partial charge in [-0.2, -0.15) is 0 Å². The van der Waals surface area contributed by atoms with Crippen LogP contribution in [0.2, 0.25) is 0 Å². The van der Waals surface area contributed by atoms with Gasteiger partial charge in [0.2, 0.25) is 0 Å². The molecule has 2 rings (SSSR count). The van der Waals surface area contributed by atoms with Crippen LogP contribution in [-0.2, 0) is 32.6 Å². The maximum absolute atomic E-state index is 12.4. The highest BCUT2D eigenvalue weighted by Crippen LogP contribution is 2.54. The average molecular weight is 340 g/mol. The topological polar surface area (TPSA) is 92.7 Å². The quantitative estimate of drug-likeness (QED) is 0.752. The Morgan fingerprint density at radius 2 is 1.68 bits per heavy atom. The van der Waals surface area contributed by atoms with Crippen LogP contribution in [0.4, 0.5) is 0 Å². The second-order valence-corrected chi connectivity index (χ2v) is 8.59. The van der Waals surface area contributed by atoms with E-state index in [1.807, 2.05) is 0 Å². The van der Waals surface area contributed by atoms with E-state index < -0.39 is 43.3 Å². The molecule has 0 aromatic carbocycles. The highest BCUT2D eigenvalue weighted by molar-refractivity contribution is 7.54. The zero-order chi connectivity index (χ0) is 16.8. The lowest BCUT2D eigenvalue weighted by Crippen LogP contribution is -2.44. The van der Waals surface area contributed by atoms with Crippen molar-refractivity contribution in [3.8, 4) is 0 Å². The minimum atomic E-state index is -3.73. The highest BCUT2D eigenvalue weighted by Gasteiger charge is 2.56. The summed E-state index contributed by atoms with van der Waals surface area (Å²) < 4.78 is 45.0. The molecule has 0 aromatic heterocycles. The predicted octanol–water partition coefficient (Wildman–Crippen LogP) is 1.46. The van der Waals surface area contributed by atoms with Crippen molar-refractivity contribution < 1.29 is 37.7 Å². The van der Waals surface area contributed by atoms with Crippen LogP contribution >= 0.6 is 7.60 Å². The summed E-state index contributed by atoms with van der Waals surface area (Å²) in [6.45, 7) is 7.27. The standard InChI is InChI=1S/C13H25O8P/c1-12(2)18-7-8(19-12)9-10(21-13(3,4)20-9)11(14)22(15,16-5)17-6/h8-11,14H,7H2,1-6H3/t8-,9-,10+,11-/m1/s1. The molecule has 0 spiro atoms. The van der Waals surface area contributed by atoms with Gasteiger partial charge in [0.15, 0.2) is 17.4 Å². The van der Waals surface area contributed by atoms with Crippen molar-refractivity contribution in [2.45, 2.75) is 63.4 Å². The minimum Gasteiger partial charge on any atom is -0.378 e. The first-order valence-corrected chi connectivity index (χ1v) is 8.71. The lowest BCUT2D eigenvalue weighted by molar-refractivity contribution is -0.175. The monoisotopic (exact) mass is 340 g/mol. The first-order valence-electron chi connectivity index (χ1n) is 7.10. The molecule has 0 aromatic rings. The molecule has 0 radical (unpaired) electrons. The molecule has 0 amide bonds. The maximum atomic E-state index is 12.4. The molecule has 0 bridgehead atoms. The largest absolute Gasteiger partial charge is 0.378 e. The predicted molar refractivity (Wildman–Crippen MR) is 76.4 cm³/mol. The molecule has 22 heavy (non-hydrogen) atoms. The van der Waals surface area contributed by atoms with Gasteiger partial charge >= 0.3 is 7.60 Å².